The van der Waals surface area contributed by atoms with Gasteiger partial charge in [0.1, 0.15) is 0 Å². The number of carbonyl (C=O) groups is 1. The van der Waals surface area contributed by atoms with Crippen LogP contribution in [0.2, 0.25) is 0 Å². The molecule has 1 aromatic carbocycles. The Bertz CT molecular complexity index is 422. The van der Waals surface area contributed by atoms with Crippen molar-refractivity contribution in [2.75, 3.05) is 7.11 Å². The summed E-state index contributed by atoms with van der Waals surface area (Å²) >= 11 is 0. The third-order valence-corrected chi connectivity index (χ3v) is 2.88. The van der Waals surface area contributed by atoms with Crippen LogP contribution in [0.25, 0.3) is 5.57 Å². The molecule has 0 atom stereocenters. The van der Waals surface area contributed by atoms with E-state index in [1.807, 2.05) is 31.2 Å². The third-order valence-electron chi connectivity index (χ3n) is 2.88. The van der Waals surface area contributed by atoms with Crippen molar-refractivity contribution < 1.29 is 14.6 Å². The first-order valence-electron chi connectivity index (χ1n) is 6.11. The first-order chi connectivity index (χ1) is 8.69. The Kier molecular flexibility index (Phi) is 6.15. The number of ether oxygens (including phenoxy) is 1. The highest BCUT2D eigenvalue weighted by Crippen LogP contribution is 2.19. The predicted octanol–water partition coefficient (Wildman–Crippen LogP) is 2.93. The van der Waals surface area contributed by atoms with Gasteiger partial charge in [-0.25, -0.2) is 0 Å². The third kappa shape index (κ3) is 4.34. The molecule has 3 nitrogen and oxygen atoms in total. The van der Waals surface area contributed by atoms with Crippen LogP contribution in [0, 0.1) is 0 Å². The lowest BCUT2D eigenvalue weighted by atomic mass is 10.00. The van der Waals surface area contributed by atoms with Gasteiger partial charge in [-0.2, -0.15) is 0 Å². The molecule has 0 aliphatic rings. The van der Waals surface area contributed by atoms with E-state index in [0.29, 0.717) is 6.42 Å². The number of hydrogen-bond donors (Lipinski definition) is 1. The Morgan fingerprint density at radius 3 is 2.78 bits per heavy atom. The van der Waals surface area contributed by atoms with Crippen molar-refractivity contribution in [2.45, 2.75) is 32.8 Å². The minimum Gasteiger partial charge on any atom is -0.469 e. The second-order valence-electron chi connectivity index (χ2n) is 4.17. The predicted molar refractivity (Wildman–Crippen MR) is 71.9 cm³/mol. The molecule has 0 unspecified atom stereocenters. The van der Waals surface area contributed by atoms with Crippen LogP contribution in [0.5, 0.6) is 0 Å². The van der Waals surface area contributed by atoms with E-state index >= 15 is 0 Å². The normalized spacial score (nSPS) is 11.4. The quantitative estimate of drug-likeness (QED) is 0.622. The summed E-state index contributed by atoms with van der Waals surface area (Å²) in [5, 5.41) is 9.26. The van der Waals surface area contributed by atoms with Gasteiger partial charge in [-0.15, -0.1) is 0 Å². The van der Waals surface area contributed by atoms with E-state index < -0.39 is 0 Å². The zero-order valence-electron chi connectivity index (χ0n) is 11.0. The van der Waals surface area contributed by atoms with E-state index in [2.05, 4.69) is 10.8 Å². The fourth-order valence-corrected chi connectivity index (χ4v) is 1.82. The maximum Gasteiger partial charge on any atom is 0.305 e. The van der Waals surface area contributed by atoms with Gasteiger partial charge >= 0.3 is 5.97 Å². The lowest BCUT2D eigenvalue weighted by Gasteiger charge is -2.07. The molecule has 1 rings (SSSR count). The summed E-state index contributed by atoms with van der Waals surface area (Å²) in [6.45, 7) is 2.07. The summed E-state index contributed by atoms with van der Waals surface area (Å²) < 4.78 is 4.59. The second kappa shape index (κ2) is 7.67. The Morgan fingerprint density at radius 2 is 2.11 bits per heavy atom. The molecule has 0 heterocycles. The van der Waals surface area contributed by atoms with Crippen molar-refractivity contribution in [3.8, 4) is 0 Å². The van der Waals surface area contributed by atoms with E-state index in [4.69, 9.17) is 0 Å². The molecule has 0 spiro atoms. The molecule has 1 aromatic rings. The number of methoxy groups -OCH3 is 1. The molecule has 1 N–H and O–H groups in total. The lowest BCUT2D eigenvalue weighted by molar-refractivity contribution is -0.140. The summed E-state index contributed by atoms with van der Waals surface area (Å²) in [5.74, 6) is -0.170. The van der Waals surface area contributed by atoms with Crippen molar-refractivity contribution in [3.05, 3.63) is 41.5 Å². The van der Waals surface area contributed by atoms with Crippen LogP contribution in [0.3, 0.4) is 0 Å². The van der Waals surface area contributed by atoms with Crippen LogP contribution < -0.4 is 0 Å². The van der Waals surface area contributed by atoms with Gasteiger partial charge in [-0.3, -0.25) is 4.79 Å². The van der Waals surface area contributed by atoms with Crippen LogP contribution in [-0.4, -0.2) is 18.2 Å². The molecular formula is C15H20O3. The maximum atomic E-state index is 11.0. The van der Waals surface area contributed by atoms with Gasteiger partial charge in [-0.05, 0) is 36.5 Å². The molecule has 18 heavy (non-hydrogen) atoms. The fraction of sp³-hybridized carbons (Fsp3) is 0.400. The largest absolute Gasteiger partial charge is 0.469 e. The first-order valence-corrected chi connectivity index (χ1v) is 6.11. The van der Waals surface area contributed by atoms with Crippen LogP contribution in [0.1, 0.15) is 37.3 Å². The average molecular weight is 248 g/mol. The van der Waals surface area contributed by atoms with Crippen LogP contribution in [-0.2, 0) is 16.1 Å². The van der Waals surface area contributed by atoms with Gasteiger partial charge in [0.15, 0.2) is 0 Å². The van der Waals surface area contributed by atoms with E-state index in [-0.39, 0.29) is 12.6 Å². The monoisotopic (exact) mass is 248 g/mol. The Labute approximate surface area is 108 Å². The topological polar surface area (TPSA) is 46.5 Å². The van der Waals surface area contributed by atoms with Gasteiger partial charge in [-0.1, -0.05) is 30.3 Å². The molecule has 0 bridgehead atoms. The molecule has 0 aliphatic carbocycles. The smallest absolute Gasteiger partial charge is 0.305 e. The average Bonchev–Trinajstić information content (AvgIpc) is 2.42. The molecule has 3 heteroatoms. The summed E-state index contributed by atoms with van der Waals surface area (Å²) in [7, 11) is 1.40. The summed E-state index contributed by atoms with van der Waals surface area (Å²) in [6.07, 6.45) is 4.16. The van der Waals surface area contributed by atoms with Gasteiger partial charge < -0.3 is 9.84 Å². The van der Waals surface area contributed by atoms with Crippen LogP contribution >= 0.6 is 0 Å². The highest BCUT2D eigenvalue weighted by molar-refractivity contribution is 5.69. The van der Waals surface area contributed by atoms with E-state index in [9.17, 15) is 9.90 Å². The van der Waals surface area contributed by atoms with Crippen molar-refractivity contribution in [3.63, 3.8) is 0 Å². The number of esters is 1. The molecule has 0 aliphatic heterocycles. The fourth-order valence-electron chi connectivity index (χ4n) is 1.82. The van der Waals surface area contributed by atoms with E-state index in [1.165, 1.54) is 7.11 Å². The van der Waals surface area contributed by atoms with E-state index in [1.54, 1.807) is 0 Å². The van der Waals surface area contributed by atoms with Gasteiger partial charge in [0.05, 0.1) is 13.7 Å². The van der Waals surface area contributed by atoms with Gasteiger partial charge in [0, 0.05) is 6.42 Å². The molecule has 0 aromatic heterocycles. The van der Waals surface area contributed by atoms with Crippen molar-refractivity contribution in [1.29, 1.82) is 0 Å². The zero-order valence-corrected chi connectivity index (χ0v) is 11.0. The lowest BCUT2D eigenvalue weighted by Crippen LogP contribution is -1.98. The van der Waals surface area contributed by atoms with Crippen molar-refractivity contribution in [2.24, 2.45) is 0 Å². The molecule has 0 fully saturated rings. The highest BCUT2D eigenvalue weighted by Gasteiger charge is 2.02. The SMILES string of the molecule is COC(=O)CCC/C=C(\C)c1ccccc1CO. The van der Waals surface area contributed by atoms with Crippen molar-refractivity contribution in [1.82, 2.24) is 0 Å². The molecule has 0 saturated carbocycles. The number of rotatable bonds is 6. The molecule has 98 valence electrons. The Morgan fingerprint density at radius 1 is 1.39 bits per heavy atom. The molecular weight excluding hydrogens is 228 g/mol. The van der Waals surface area contributed by atoms with Gasteiger partial charge in [0.25, 0.3) is 0 Å². The Balaban J connectivity index is 2.57. The highest BCUT2D eigenvalue weighted by atomic mass is 16.5. The second-order valence-corrected chi connectivity index (χ2v) is 4.17. The van der Waals surface area contributed by atoms with Crippen LogP contribution in [0.4, 0.5) is 0 Å². The number of aliphatic hydroxyl groups is 1. The molecule has 0 saturated heterocycles. The van der Waals surface area contributed by atoms with Crippen molar-refractivity contribution >= 4 is 11.5 Å². The minimum absolute atomic E-state index is 0.0452. The number of benzene rings is 1. The first kappa shape index (κ1) is 14.5. The standard InChI is InChI=1S/C15H20O3/c1-12(7-3-6-10-15(17)18-2)14-9-5-4-8-13(14)11-16/h4-5,7-9,16H,3,6,10-11H2,1-2H3/b12-7+. The summed E-state index contributed by atoms with van der Waals surface area (Å²) in [4.78, 5) is 11.0. The molecule has 0 amide bonds. The van der Waals surface area contributed by atoms with Crippen LogP contribution in [0.15, 0.2) is 30.3 Å². The summed E-state index contributed by atoms with van der Waals surface area (Å²) in [6, 6.07) is 7.79. The van der Waals surface area contributed by atoms with Gasteiger partial charge in [0.2, 0.25) is 0 Å². The number of allylic oxidation sites excluding steroid dienone is 2. The number of hydrogen-bond acceptors (Lipinski definition) is 3. The number of carbonyl (C=O) groups excluding carboxylic acids is 1. The molecule has 0 radical (unpaired) electrons. The minimum atomic E-state index is -0.170. The summed E-state index contributed by atoms with van der Waals surface area (Å²) in [5.41, 5.74) is 3.13. The maximum absolute atomic E-state index is 11.0. The number of unbranched alkanes of at least 4 members (excludes halogenated alkanes) is 1. The Hall–Kier alpha value is -1.61. The van der Waals surface area contributed by atoms with E-state index in [0.717, 1.165) is 29.5 Å². The number of aliphatic hydroxyl groups excluding tert-OH is 1. The zero-order chi connectivity index (χ0) is 13.4.